The number of benzene rings is 2. The summed E-state index contributed by atoms with van der Waals surface area (Å²) >= 11 is 0. The summed E-state index contributed by atoms with van der Waals surface area (Å²) in [6.07, 6.45) is 2.06. The average Bonchev–Trinajstić information content (AvgIpc) is 2.79. The van der Waals surface area contributed by atoms with E-state index < -0.39 is 15.8 Å². The highest BCUT2D eigenvalue weighted by Crippen LogP contribution is 2.34. The van der Waals surface area contributed by atoms with Gasteiger partial charge in [-0.25, -0.2) is 8.42 Å². The van der Waals surface area contributed by atoms with Crippen LogP contribution in [0.5, 0.6) is 0 Å². The highest BCUT2D eigenvalue weighted by molar-refractivity contribution is 7.91. The number of nitrogens with one attached hydrogen (secondary N) is 2. The second-order valence-corrected chi connectivity index (χ2v) is 11.0. The van der Waals surface area contributed by atoms with Gasteiger partial charge in [0, 0.05) is 11.7 Å². The Morgan fingerprint density at radius 2 is 1.82 bits per heavy atom. The lowest BCUT2D eigenvalue weighted by Crippen LogP contribution is -2.33. The molecule has 2 aromatic carbocycles. The van der Waals surface area contributed by atoms with Crippen molar-refractivity contribution >= 4 is 32.9 Å². The molecule has 1 saturated heterocycles. The largest absolute Gasteiger partial charge is 0.481 e. The minimum atomic E-state index is -2.92. The zero-order valence-electron chi connectivity index (χ0n) is 19.0. The van der Waals surface area contributed by atoms with E-state index in [1.54, 1.807) is 12.1 Å². The molecule has 3 N–H and O–H groups in total. The Hall–Kier alpha value is -3.05. The Kier molecular flexibility index (Phi) is 7.98. The van der Waals surface area contributed by atoms with Gasteiger partial charge in [-0.15, -0.1) is 0 Å². The van der Waals surface area contributed by atoms with Gasteiger partial charge in [-0.05, 0) is 80.0 Å². The maximum Gasteiger partial charge on any atom is 0.303 e. The van der Waals surface area contributed by atoms with Gasteiger partial charge in [0.2, 0.25) is 0 Å². The van der Waals surface area contributed by atoms with Gasteiger partial charge < -0.3 is 15.7 Å². The number of nitrogens with zero attached hydrogens (tertiary/aromatic N) is 1. The monoisotopic (exact) mass is 469 g/mol. The molecular formula is C25H31N3O4S. The zero-order valence-corrected chi connectivity index (χ0v) is 19.9. The summed E-state index contributed by atoms with van der Waals surface area (Å²) in [5, 5.41) is 25.3. The van der Waals surface area contributed by atoms with Crippen LogP contribution < -0.4 is 10.6 Å². The van der Waals surface area contributed by atoms with Gasteiger partial charge in [0.05, 0.1) is 40.9 Å². The number of rotatable bonds is 9. The zero-order chi connectivity index (χ0) is 24.0. The predicted molar refractivity (Wildman–Crippen MR) is 131 cm³/mol. The lowest BCUT2D eigenvalue weighted by molar-refractivity contribution is -0.137. The lowest BCUT2D eigenvalue weighted by atomic mass is 9.91. The smallest absolute Gasteiger partial charge is 0.303 e. The first-order valence-electron chi connectivity index (χ1n) is 11.3. The lowest BCUT2D eigenvalue weighted by Gasteiger charge is -2.30. The van der Waals surface area contributed by atoms with E-state index in [2.05, 4.69) is 23.6 Å². The van der Waals surface area contributed by atoms with Crippen molar-refractivity contribution in [2.45, 2.75) is 51.5 Å². The fourth-order valence-electron chi connectivity index (χ4n) is 4.31. The molecule has 3 rings (SSSR count). The normalized spacial score (nSPS) is 17.5. The van der Waals surface area contributed by atoms with Crippen molar-refractivity contribution in [1.82, 2.24) is 0 Å². The Morgan fingerprint density at radius 3 is 2.39 bits per heavy atom. The van der Waals surface area contributed by atoms with Crippen LogP contribution in [0, 0.1) is 17.2 Å². The van der Waals surface area contributed by atoms with Crippen molar-refractivity contribution in [2.75, 3.05) is 22.1 Å². The van der Waals surface area contributed by atoms with Crippen molar-refractivity contribution in [3.05, 3.63) is 53.6 Å². The second kappa shape index (κ2) is 10.7. The van der Waals surface area contributed by atoms with Crippen molar-refractivity contribution in [2.24, 2.45) is 5.92 Å². The standard InChI is InChI=1S/C25H31N3O4S/c1-3-19(15-25(29)30)21-6-9-23(27-17(2)20-10-12-33(31,32)13-11-20)24(14-21)28-22-7-4-18(16-26)5-8-22/h4-9,14,17,19-20,27-28H,3,10-13,15H2,1-2H3,(H,29,30). The molecule has 0 saturated carbocycles. The number of carboxylic acid groups (broad SMARTS) is 1. The van der Waals surface area contributed by atoms with Crippen molar-refractivity contribution in [3.63, 3.8) is 0 Å². The first kappa shape index (κ1) is 24.6. The van der Waals surface area contributed by atoms with Gasteiger partial charge in [-0.1, -0.05) is 13.0 Å². The Bertz CT molecular complexity index is 1110. The Labute approximate surface area is 195 Å². The Balaban J connectivity index is 1.87. The number of hydrogen-bond acceptors (Lipinski definition) is 6. The van der Waals surface area contributed by atoms with Crippen molar-refractivity contribution in [3.8, 4) is 6.07 Å². The summed E-state index contributed by atoms with van der Waals surface area (Å²) in [6.45, 7) is 4.05. The van der Waals surface area contributed by atoms with E-state index in [0.29, 0.717) is 24.8 Å². The molecule has 0 bridgehead atoms. The van der Waals surface area contributed by atoms with Gasteiger partial charge in [0.15, 0.2) is 0 Å². The topological polar surface area (TPSA) is 119 Å². The van der Waals surface area contributed by atoms with Crippen LogP contribution in [-0.4, -0.2) is 37.0 Å². The van der Waals surface area contributed by atoms with Crippen LogP contribution in [0.2, 0.25) is 0 Å². The fraction of sp³-hybridized carbons (Fsp3) is 0.440. The molecule has 7 nitrogen and oxygen atoms in total. The van der Waals surface area contributed by atoms with Gasteiger partial charge in [0.1, 0.15) is 9.84 Å². The SMILES string of the molecule is CCC(CC(=O)O)c1ccc(NC(C)C2CCS(=O)(=O)CC2)c(Nc2ccc(C#N)cc2)c1. The summed E-state index contributed by atoms with van der Waals surface area (Å²) < 4.78 is 23.6. The molecule has 0 radical (unpaired) electrons. The first-order chi connectivity index (χ1) is 15.7. The van der Waals surface area contributed by atoms with Crippen LogP contribution in [0.1, 0.15) is 56.6 Å². The number of carbonyl (C=O) groups is 1. The van der Waals surface area contributed by atoms with Crippen LogP contribution in [0.3, 0.4) is 0 Å². The Morgan fingerprint density at radius 1 is 1.15 bits per heavy atom. The van der Waals surface area contributed by atoms with E-state index in [1.165, 1.54) is 0 Å². The highest BCUT2D eigenvalue weighted by Gasteiger charge is 2.28. The molecule has 0 amide bonds. The maximum absolute atomic E-state index is 11.8. The fourth-order valence-corrected chi connectivity index (χ4v) is 5.84. The first-order valence-corrected chi connectivity index (χ1v) is 13.1. The van der Waals surface area contributed by atoms with Crippen LogP contribution >= 0.6 is 0 Å². The molecule has 33 heavy (non-hydrogen) atoms. The van der Waals surface area contributed by atoms with Crippen molar-refractivity contribution in [1.29, 1.82) is 5.26 Å². The summed E-state index contributed by atoms with van der Waals surface area (Å²) in [4.78, 5) is 11.3. The summed E-state index contributed by atoms with van der Waals surface area (Å²) in [5.74, 6) is -0.212. The number of nitriles is 1. The molecule has 1 aliphatic heterocycles. The summed E-state index contributed by atoms with van der Waals surface area (Å²) in [6, 6.07) is 15.2. The number of aliphatic carboxylic acids is 1. The molecule has 8 heteroatoms. The third kappa shape index (κ3) is 6.72. The minimum absolute atomic E-state index is 0.0620. The molecule has 1 heterocycles. The maximum atomic E-state index is 11.8. The quantitative estimate of drug-likeness (QED) is 0.478. The number of sulfone groups is 1. The van der Waals surface area contributed by atoms with E-state index in [9.17, 15) is 18.3 Å². The molecule has 176 valence electrons. The minimum Gasteiger partial charge on any atom is -0.481 e. The van der Waals surface area contributed by atoms with Crippen LogP contribution in [0.15, 0.2) is 42.5 Å². The molecular weight excluding hydrogens is 438 g/mol. The van der Waals surface area contributed by atoms with Crippen LogP contribution in [-0.2, 0) is 14.6 Å². The van der Waals surface area contributed by atoms with E-state index in [4.69, 9.17) is 5.26 Å². The van der Waals surface area contributed by atoms with E-state index in [1.807, 2.05) is 37.3 Å². The van der Waals surface area contributed by atoms with E-state index in [0.717, 1.165) is 22.6 Å². The third-order valence-corrected chi connectivity index (χ3v) is 8.13. The number of carboxylic acids is 1. The predicted octanol–water partition coefficient (Wildman–Crippen LogP) is 4.90. The molecule has 1 fully saturated rings. The van der Waals surface area contributed by atoms with Gasteiger partial charge >= 0.3 is 5.97 Å². The second-order valence-electron chi connectivity index (χ2n) is 8.74. The third-order valence-electron chi connectivity index (χ3n) is 6.41. The molecule has 2 unspecified atom stereocenters. The number of anilines is 3. The van der Waals surface area contributed by atoms with Gasteiger partial charge in [0.25, 0.3) is 0 Å². The number of hydrogen-bond donors (Lipinski definition) is 3. The highest BCUT2D eigenvalue weighted by atomic mass is 32.2. The summed E-state index contributed by atoms with van der Waals surface area (Å²) in [7, 11) is -2.92. The summed E-state index contributed by atoms with van der Waals surface area (Å²) in [5.41, 5.74) is 4.02. The van der Waals surface area contributed by atoms with Crippen LogP contribution in [0.25, 0.3) is 0 Å². The molecule has 2 atom stereocenters. The molecule has 2 aromatic rings. The van der Waals surface area contributed by atoms with E-state index in [-0.39, 0.29) is 35.8 Å². The molecule has 1 aliphatic rings. The average molecular weight is 470 g/mol. The van der Waals surface area contributed by atoms with Crippen molar-refractivity contribution < 1.29 is 18.3 Å². The van der Waals surface area contributed by atoms with Gasteiger partial charge in [-0.2, -0.15) is 5.26 Å². The molecule has 0 aromatic heterocycles. The molecule has 0 aliphatic carbocycles. The van der Waals surface area contributed by atoms with Gasteiger partial charge in [-0.3, -0.25) is 4.79 Å². The van der Waals surface area contributed by atoms with E-state index >= 15 is 0 Å². The van der Waals surface area contributed by atoms with Crippen LogP contribution in [0.4, 0.5) is 17.1 Å². The molecule has 0 spiro atoms.